The van der Waals surface area contributed by atoms with Crippen LogP contribution in [-0.2, 0) is 16.1 Å². The highest BCUT2D eigenvalue weighted by Crippen LogP contribution is 2.50. The molecule has 1 N–H and O–H groups in total. The number of amides is 2. The van der Waals surface area contributed by atoms with E-state index in [1.165, 1.54) is 0 Å². The molecule has 0 spiro atoms. The summed E-state index contributed by atoms with van der Waals surface area (Å²) in [5, 5.41) is 17.5. The molecular formula is C33H40N6O3. The first-order valence-corrected chi connectivity index (χ1v) is 14.6. The maximum absolute atomic E-state index is 13.0. The second kappa shape index (κ2) is 11.5. The molecule has 0 bridgehead atoms. The number of nitriles is 1. The van der Waals surface area contributed by atoms with Gasteiger partial charge in [0, 0.05) is 55.6 Å². The van der Waals surface area contributed by atoms with E-state index in [1.54, 1.807) is 18.9 Å². The summed E-state index contributed by atoms with van der Waals surface area (Å²) in [6.45, 7) is 10.4. The van der Waals surface area contributed by atoms with Crippen LogP contribution in [0.5, 0.6) is 0 Å². The number of aromatic nitrogens is 2. The number of anilines is 2. The molecule has 2 amide bonds. The van der Waals surface area contributed by atoms with Crippen molar-refractivity contribution in [3.63, 3.8) is 0 Å². The van der Waals surface area contributed by atoms with Crippen molar-refractivity contribution in [1.82, 2.24) is 14.7 Å². The molecular weight excluding hydrogens is 528 g/mol. The first kappa shape index (κ1) is 29.2. The average Bonchev–Trinajstić information content (AvgIpc) is 3.67. The zero-order chi connectivity index (χ0) is 30.2. The summed E-state index contributed by atoms with van der Waals surface area (Å²) in [4.78, 5) is 28.9. The van der Waals surface area contributed by atoms with Crippen LogP contribution < -0.4 is 10.2 Å². The van der Waals surface area contributed by atoms with E-state index in [1.807, 2.05) is 67.0 Å². The lowest BCUT2D eigenvalue weighted by Gasteiger charge is -2.46. The van der Waals surface area contributed by atoms with Crippen LogP contribution in [0.1, 0.15) is 64.6 Å². The van der Waals surface area contributed by atoms with Crippen molar-refractivity contribution in [2.75, 3.05) is 23.8 Å². The molecule has 42 heavy (non-hydrogen) atoms. The number of ether oxygens (including phenoxy) is 1. The lowest BCUT2D eigenvalue weighted by Crippen LogP contribution is -2.51. The van der Waals surface area contributed by atoms with Gasteiger partial charge in [0.05, 0.1) is 30.4 Å². The number of benzene rings is 2. The van der Waals surface area contributed by atoms with Gasteiger partial charge in [0.15, 0.2) is 0 Å². The third kappa shape index (κ3) is 6.28. The van der Waals surface area contributed by atoms with E-state index >= 15 is 0 Å². The second-order valence-corrected chi connectivity index (χ2v) is 12.6. The van der Waals surface area contributed by atoms with Gasteiger partial charge < -0.3 is 19.9 Å². The summed E-state index contributed by atoms with van der Waals surface area (Å²) in [5.41, 5.74) is 4.99. The zero-order valence-corrected chi connectivity index (χ0v) is 25.3. The molecule has 2 aliphatic rings. The molecule has 1 aliphatic heterocycles. The van der Waals surface area contributed by atoms with Crippen LogP contribution in [0.3, 0.4) is 0 Å². The van der Waals surface area contributed by atoms with E-state index in [0.29, 0.717) is 24.6 Å². The van der Waals surface area contributed by atoms with Gasteiger partial charge in [-0.05, 0) is 87.1 Å². The van der Waals surface area contributed by atoms with E-state index in [9.17, 15) is 14.9 Å². The molecule has 3 atom stereocenters. The van der Waals surface area contributed by atoms with Gasteiger partial charge in [-0.1, -0.05) is 13.0 Å². The molecule has 9 heteroatoms. The lowest BCUT2D eigenvalue weighted by atomic mass is 9.79. The fraction of sp³-hybridized carbons (Fsp3) is 0.455. The predicted molar refractivity (Wildman–Crippen MR) is 163 cm³/mol. The quantitative estimate of drug-likeness (QED) is 0.363. The van der Waals surface area contributed by atoms with Crippen molar-refractivity contribution in [2.45, 2.75) is 71.7 Å². The molecule has 1 saturated carbocycles. The topological polar surface area (TPSA) is 103 Å². The number of fused-ring (bicyclic) bond motifs is 1. The minimum atomic E-state index is -0.544. The van der Waals surface area contributed by atoms with Gasteiger partial charge in [-0.2, -0.15) is 10.4 Å². The van der Waals surface area contributed by atoms with Gasteiger partial charge >= 0.3 is 6.09 Å². The largest absolute Gasteiger partial charge is 0.444 e. The molecule has 0 radical (unpaired) electrons. The van der Waals surface area contributed by atoms with Gasteiger partial charge in [-0.3, -0.25) is 9.48 Å². The molecule has 220 valence electrons. The molecule has 0 saturated heterocycles. The third-order valence-corrected chi connectivity index (χ3v) is 8.10. The first-order chi connectivity index (χ1) is 19.9. The van der Waals surface area contributed by atoms with Crippen LogP contribution in [0.15, 0.2) is 54.9 Å². The monoisotopic (exact) mass is 568 g/mol. The van der Waals surface area contributed by atoms with E-state index in [4.69, 9.17) is 4.74 Å². The van der Waals surface area contributed by atoms with Gasteiger partial charge in [0.2, 0.25) is 5.91 Å². The molecule has 2 aromatic carbocycles. The number of rotatable bonds is 7. The molecule has 1 aromatic heterocycles. The predicted octanol–water partition coefficient (Wildman–Crippen LogP) is 6.22. The number of nitrogens with zero attached hydrogens (tertiary/aromatic N) is 5. The van der Waals surface area contributed by atoms with Gasteiger partial charge in [0.25, 0.3) is 0 Å². The number of carbonyl (C=O) groups excluding carboxylic acids is 2. The molecule has 2 heterocycles. The summed E-state index contributed by atoms with van der Waals surface area (Å²) >= 11 is 0. The standard InChI is InChI=1S/C33H40N6O3/c1-21-30(36-27-12-7-23(18-34)8-13-27)28-17-25(11-14-29(28)39(22(2)40)31(21)24-9-10-24)26-19-35-38(20-26)16-15-37(6)32(41)42-33(3,4)5/h7-8,11-14,17,19-21,24,30-31,36H,9-10,15-16H2,1-6H3/t21-,30-,31?/m1/s1. The molecule has 1 fully saturated rings. The Bertz CT molecular complexity index is 1500. The minimum absolute atomic E-state index is 0.0217. The van der Waals surface area contributed by atoms with Crippen LogP contribution in [0.25, 0.3) is 11.1 Å². The van der Waals surface area contributed by atoms with Crippen molar-refractivity contribution < 1.29 is 14.3 Å². The SMILES string of the molecule is CC(=O)N1c2ccc(-c3cnn(CCN(C)C(=O)OC(C)(C)C)c3)cc2[C@H](Nc2ccc(C#N)cc2)[C@@H](C)C1C1CC1. The number of likely N-dealkylation sites (N-methyl/N-ethyl adjacent to an activating group) is 1. The summed E-state index contributed by atoms with van der Waals surface area (Å²) < 4.78 is 7.28. The van der Waals surface area contributed by atoms with Gasteiger partial charge in [0.1, 0.15) is 5.60 Å². The third-order valence-electron chi connectivity index (χ3n) is 8.10. The summed E-state index contributed by atoms with van der Waals surface area (Å²) in [5.74, 6) is 0.733. The van der Waals surface area contributed by atoms with Crippen molar-refractivity contribution in [1.29, 1.82) is 5.26 Å². The molecule has 5 rings (SSSR count). The van der Waals surface area contributed by atoms with Crippen LogP contribution in [0, 0.1) is 23.2 Å². The number of hydrogen-bond donors (Lipinski definition) is 1. The van der Waals surface area contributed by atoms with Gasteiger partial charge in [-0.15, -0.1) is 0 Å². The van der Waals surface area contributed by atoms with E-state index in [0.717, 1.165) is 40.9 Å². The Hall–Kier alpha value is -4.32. The molecule has 9 nitrogen and oxygen atoms in total. The number of nitrogens with one attached hydrogen (secondary N) is 1. The summed E-state index contributed by atoms with van der Waals surface area (Å²) in [7, 11) is 1.72. The van der Waals surface area contributed by atoms with Crippen LogP contribution in [-0.4, -0.2) is 51.9 Å². The van der Waals surface area contributed by atoms with Gasteiger partial charge in [-0.25, -0.2) is 4.79 Å². The van der Waals surface area contributed by atoms with E-state index < -0.39 is 5.60 Å². The maximum Gasteiger partial charge on any atom is 0.410 e. The Morgan fingerprint density at radius 1 is 1.14 bits per heavy atom. The Morgan fingerprint density at radius 3 is 2.48 bits per heavy atom. The lowest BCUT2D eigenvalue weighted by molar-refractivity contribution is -0.117. The van der Waals surface area contributed by atoms with Crippen molar-refractivity contribution in [3.8, 4) is 17.2 Å². The highest BCUT2D eigenvalue weighted by atomic mass is 16.6. The normalized spacial score (nSPS) is 19.9. The van der Waals surface area contributed by atoms with Crippen LogP contribution in [0.4, 0.5) is 16.2 Å². The second-order valence-electron chi connectivity index (χ2n) is 12.6. The van der Waals surface area contributed by atoms with Crippen molar-refractivity contribution in [2.24, 2.45) is 11.8 Å². The van der Waals surface area contributed by atoms with Crippen molar-refractivity contribution >= 4 is 23.4 Å². The Balaban J connectivity index is 1.42. The minimum Gasteiger partial charge on any atom is -0.444 e. The molecule has 1 unspecified atom stereocenters. The highest BCUT2D eigenvalue weighted by molar-refractivity contribution is 5.94. The van der Waals surface area contributed by atoms with Crippen molar-refractivity contribution in [3.05, 3.63) is 66.0 Å². The van der Waals surface area contributed by atoms with E-state index in [2.05, 4.69) is 41.6 Å². The number of carbonyl (C=O) groups is 2. The highest BCUT2D eigenvalue weighted by Gasteiger charge is 2.47. The van der Waals surface area contributed by atoms with E-state index in [-0.39, 0.29) is 30.0 Å². The fourth-order valence-corrected chi connectivity index (χ4v) is 5.88. The molecule has 1 aliphatic carbocycles. The van der Waals surface area contributed by atoms with Crippen LogP contribution >= 0.6 is 0 Å². The van der Waals surface area contributed by atoms with Crippen LogP contribution in [0.2, 0.25) is 0 Å². The Morgan fingerprint density at radius 2 is 1.86 bits per heavy atom. The number of hydrogen-bond acceptors (Lipinski definition) is 6. The fourth-order valence-electron chi connectivity index (χ4n) is 5.88. The average molecular weight is 569 g/mol. The Kier molecular flexibility index (Phi) is 8.00. The summed E-state index contributed by atoms with van der Waals surface area (Å²) in [6.07, 6.45) is 5.73. The smallest absolute Gasteiger partial charge is 0.410 e. The maximum atomic E-state index is 13.0. The summed E-state index contributed by atoms with van der Waals surface area (Å²) in [6, 6.07) is 16.1. The zero-order valence-electron chi connectivity index (χ0n) is 25.3. The first-order valence-electron chi connectivity index (χ1n) is 14.6. The molecule has 3 aromatic rings. The Labute approximate surface area is 248 Å².